The number of amides is 1. The number of likely N-dealkylation sites (tertiary alicyclic amines) is 1. The molecule has 5 heteroatoms. The first-order chi connectivity index (χ1) is 8.60. The summed E-state index contributed by atoms with van der Waals surface area (Å²) in [6, 6.07) is 2.03. The van der Waals surface area contributed by atoms with Crippen molar-refractivity contribution in [2.45, 2.75) is 26.8 Å². The molecule has 1 aliphatic heterocycles. The maximum absolute atomic E-state index is 11.6. The lowest BCUT2D eigenvalue weighted by Gasteiger charge is -2.34. The van der Waals surface area contributed by atoms with Crippen LogP contribution in [0.1, 0.15) is 35.5 Å². The van der Waals surface area contributed by atoms with Gasteiger partial charge >= 0.3 is 0 Å². The molecule has 2 unspecified atom stereocenters. The van der Waals surface area contributed by atoms with Crippen molar-refractivity contribution >= 4 is 17.2 Å². The average Bonchev–Trinajstić information content (AvgIpc) is 2.74. The maximum Gasteiger partial charge on any atom is 0.275 e. The minimum absolute atomic E-state index is 0.182. The van der Waals surface area contributed by atoms with Crippen LogP contribution in [0.15, 0.2) is 11.4 Å². The first-order valence-electron chi connectivity index (χ1n) is 6.39. The van der Waals surface area contributed by atoms with Crippen LogP contribution in [0, 0.1) is 11.8 Å². The van der Waals surface area contributed by atoms with E-state index in [9.17, 15) is 4.79 Å². The Morgan fingerprint density at radius 1 is 1.50 bits per heavy atom. The molecule has 1 saturated heterocycles. The number of nitrogens with one attached hydrogen (secondary N) is 1. The van der Waals surface area contributed by atoms with Crippen LogP contribution in [-0.4, -0.2) is 23.9 Å². The van der Waals surface area contributed by atoms with E-state index in [0.717, 1.165) is 41.9 Å². The van der Waals surface area contributed by atoms with Gasteiger partial charge in [-0.2, -0.15) is 0 Å². The van der Waals surface area contributed by atoms with E-state index in [1.165, 1.54) is 17.8 Å². The summed E-state index contributed by atoms with van der Waals surface area (Å²) < 4.78 is 0. The van der Waals surface area contributed by atoms with Crippen molar-refractivity contribution in [1.29, 1.82) is 0 Å². The Balaban J connectivity index is 2.05. The largest absolute Gasteiger partial charge is 0.298 e. The fourth-order valence-corrected chi connectivity index (χ4v) is 3.71. The highest BCUT2D eigenvalue weighted by atomic mass is 32.1. The van der Waals surface area contributed by atoms with E-state index in [1.807, 2.05) is 11.4 Å². The Hall–Kier alpha value is -0.910. The first kappa shape index (κ1) is 13.5. The summed E-state index contributed by atoms with van der Waals surface area (Å²) in [6.45, 7) is 7.67. The van der Waals surface area contributed by atoms with Crippen molar-refractivity contribution < 1.29 is 4.79 Å². The van der Waals surface area contributed by atoms with Gasteiger partial charge in [0.05, 0.1) is 4.88 Å². The molecule has 0 aromatic carbocycles. The van der Waals surface area contributed by atoms with Crippen LogP contribution in [-0.2, 0) is 6.54 Å². The van der Waals surface area contributed by atoms with Gasteiger partial charge in [0.2, 0.25) is 0 Å². The number of thiophene rings is 1. The molecule has 1 aromatic heterocycles. The van der Waals surface area contributed by atoms with Crippen molar-refractivity contribution in [2.75, 3.05) is 13.1 Å². The normalized spacial score (nSPS) is 25.1. The molecule has 0 aliphatic carbocycles. The highest BCUT2D eigenvalue weighted by molar-refractivity contribution is 7.12. The van der Waals surface area contributed by atoms with E-state index in [1.54, 1.807) is 0 Å². The summed E-state index contributed by atoms with van der Waals surface area (Å²) >= 11 is 1.45. The molecule has 4 nitrogen and oxygen atoms in total. The molecule has 0 saturated carbocycles. The average molecular weight is 267 g/mol. The molecular formula is C13H21N3OS. The molecule has 0 bridgehead atoms. The van der Waals surface area contributed by atoms with Crippen LogP contribution in [0.25, 0.3) is 0 Å². The zero-order valence-electron chi connectivity index (χ0n) is 11.0. The van der Waals surface area contributed by atoms with Gasteiger partial charge in [0.25, 0.3) is 5.91 Å². The van der Waals surface area contributed by atoms with Crippen LogP contribution in [0.4, 0.5) is 0 Å². The predicted octanol–water partition coefficient (Wildman–Crippen LogP) is 1.83. The second kappa shape index (κ2) is 5.82. The number of carbonyl (C=O) groups excluding carboxylic acids is 1. The number of carbonyl (C=O) groups is 1. The van der Waals surface area contributed by atoms with Gasteiger partial charge in [0.1, 0.15) is 0 Å². The summed E-state index contributed by atoms with van der Waals surface area (Å²) in [5.41, 5.74) is 3.30. The van der Waals surface area contributed by atoms with Gasteiger partial charge in [0.15, 0.2) is 0 Å². The number of hydrogen-bond acceptors (Lipinski definition) is 4. The van der Waals surface area contributed by atoms with Crippen LogP contribution < -0.4 is 11.3 Å². The van der Waals surface area contributed by atoms with Crippen LogP contribution in [0.3, 0.4) is 0 Å². The predicted molar refractivity (Wildman–Crippen MR) is 74.2 cm³/mol. The number of nitrogens with zero attached hydrogens (tertiary/aromatic N) is 1. The molecule has 3 N–H and O–H groups in total. The molecule has 1 aliphatic rings. The van der Waals surface area contributed by atoms with Crippen molar-refractivity contribution in [3.05, 3.63) is 21.9 Å². The number of piperidine rings is 1. The molecule has 1 fully saturated rings. The fraction of sp³-hybridized carbons (Fsp3) is 0.615. The topological polar surface area (TPSA) is 58.4 Å². The molecule has 2 atom stereocenters. The Bertz CT molecular complexity index is 408. The molecule has 0 radical (unpaired) electrons. The van der Waals surface area contributed by atoms with Crippen LogP contribution in [0.2, 0.25) is 0 Å². The van der Waals surface area contributed by atoms with E-state index in [4.69, 9.17) is 5.84 Å². The number of hydrazine groups is 1. The Labute approximate surface area is 112 Å². The molecule has 100 valence electrons. The minimum atomic E-state index is -0.182. The van der Waals surface area contributed by atoms with Crippen LogP contribution >= 0.6 is 11.3 Å². The zero-order chi connectivity index (χ0) is 13.1. The second-order valence-electron chi connectivity index (χ2n) is 5.39. The summed E-state index contributed by atoms with van der Waals surface area (Å²) in [5, 5.41) is 1.96. The fourth-order valence-electron chi connectivity index (χ4n) is 2.89. The van der Waals surface area contributed by atoms with E-state index < -0.39 is 0 Å². The van der Waals surface area contributed by atoms with Gasteiger partial charge in [-0.1, -0.05) is 13.8 Å². The van der Waals surface area contributed by atoms with Crippen molar-refractivity contribution in [1.82, 2.24) is 10.3 Å². The van der Waals surface area contributed by atoms with E-state index in [-0.39, 0.29) is 5.91 Å². The third-order valence-electron chi connectivity index (χ3n) is 3.42. The molecule has 0 spiro atoms. The smallest absolute Gasteiger partial charge is 0.275 e. The van der Waals surface area contributed by atoms with Gasteiger partial charge in [-0.15, -0.1) is 11.3 Å². The maximum atomic E-state index is 11.6. The lowest BCUT2D eigenvalue weighted by Crippen LogP contribution is -2.38. The Kier molecular flexibility index (Phi) is 4.37. The lowest BCUT2D eigenvalue weighted by molar-refractivity contribution is 0.0953. The Morgan fingerprint density at radius 2 is 2.17 bits per heavy atom. The highest BCUT2D eigenvalue weighted by Gasteiger charge is 2.23. The third kappa shape index (κ3) is 3.10. The third-order valence-corrected chi connectivity index (χ3v) is 4.38. The lowest BCUT2D eigenvalue weighted by atomic mass is 9.91. The van der Waals surface area contributed by atoms with Gasteiger partial charge in [-0.3, -0.25) is 15.1 Å². The summed E-state index contributed by atoms with van der Waals surface area (Å²) in [7, 11) is 0. The van der Waals surface area contributed by atoms with Gasteiger partial charge in [0, 0.05) is 19.6 Å². The van der Waals surface area contributed by atoms with E-state index in [2.05, 4.69) is 24.2 Å². The summed E-state index contributed by atoms with van der Waals surface area (Å²) in [6.07, 6.45) is 1.30. The number of rotatable bonds is 3. The van der Waals surface area contributed by atoms with Gasteiger partial charge < -0.3 is 0 Å². The monoisotopic (exact) mass is 267 g/mol. The molecule has 1 aromatic rings. The SMILES string of the molecule is CC1CC(C)CN(Cc2ccsc2C(=O)NN)C1. The first-order valence-corrected chi connectivity index (χ1v) is 7.27. The second-order valence-corrected chi connectivity index (χ2v) is 6.30. The van der Waals surface area contributed by atoms with Gasteiger partial charge in [-0.25, -0.2) is 5.84 Å². The van der Waals surface area contributed by atoms with E-state index >= 15 is 0 Å². The minimum Gasteiger partial charge on any atom is -0.298 e. The molecule has 1 amide bonds. The molecular weight excluding hydrogens is 246 g/mol. The van der Waals surface area contributed by atoms with Crippen LogP contribution in [0.5, 0.6) is 0 Å². The van der Waals surface area contributed by atoms with Crippen molar-refractivity contribution in [2.24, 2.45) is 17.7 Å². The molecule has 18 heavy (non-hydrogen) atoms. The zero-order valence-corrected chi connectivity index (χ0v) is 11.8. The van der Waals surface area contributed by atoms with Crippen molar-refractivity contribution in [3.63, 3.8) is 0 Å². The summed E-state index contributed by atoms with van der Waals surface area (Å²) in [5.74, 6) is 6.49. The quantitative estimate of drug-likeness (QED) is 0.499. The van der Waals surface area contributed by atoms with E-state index in [0.29, 0.717) is 0 Å². The Morgan fingerprint density at radius 3 is 2.78 bits per heavy atom. The number of nitrogen functional groups attached to an aromatic ring is 1. The standard InChI is InChI=1S/C13H21N3OS/c1-9-5-10(2)7-16(6-9)8-11-3-4-18-12(11)13(17)15-14/h3-4,9-10H,5-8,14H2,1-2H3,(H,15,17). The molecule has 2 rings (SSSR count). The highest BCUT2D eigenvalue weighted by Crippen LogP contribution is 2.25. The summed E-state index contributed by atoms with van der Waals surface area (Å²) in [4.78, 5) is 14.8. The van der Waals surface area contributed by atoms with Crippen molar-refractivity contribution in [3.8, 4) is 0 Å². The number of hydrogen-bond donors (Lipinski definition) is 2. The number of nitrogens with two attached hydrogens (primary N) is 1. The van der Waals surface area contributed by atoms with Gasteiger partial charge in [-0.05, 0) is 35.3 Å². The molecule has 2 heterocycles.